The van der Waals surface area contributed by atoms with Crippen molar-refractivity contribution in [3.05, 3.63) is 59.3 Å². The average molecular weight is 479 g/mol. The van der Waals surface area contributed by atoms with E-state index in [1.165, 1.54) is 0 Å². The van der Waals surface area contributed by atoms with E-state index in [4.69, 9.17) is 9.47 Å². The summed E-state index contributed by atoms with van der Waals surface area (Å²) in [5.74, 6) is 1.11. The average Bonchev–Trinajstić information content (AvgIpc) is 3.28. The largest absolute Gasteiger partial charge is 0.493 e. The van der Waals surface area contributed by atoms with E-state index in [0.717, 1.165) is 27.6 Å². The number of carbonyl (C=O) groups excluding carboxylic acids is 2. The van der Waals surface area contributed by atoms with E-state index in [-0.39, 0.29) is 17.9 Å². The minimum Gasteiger partial charge on any atom is -0.493 e. The highest BCUT2D eigenvalue weighted by Gasteiger charge is 2.28. The maximum Gasteiger partial charge on any atom is 0.318 e. The predicted octanol–water partition coefficient (Wildman–Crippen LogP) is 3.64. The van der Waals surface area contributed by atoms with E-state index in [1.807, 2.05) is 50.4 Å². The Kier molecular flexibility index (Phi) is 7.48. The van der Waals surface area contributed by atoms with Gasteiger partial charge in [0.25, 0.3) is 0 Å². The molecule has 3 amide bonds. The van der Waals surface area contributed by atoms with Crippen LogP contribution < -0.4 is 20.1 Å². The summed E-state index contributed by atoms with van der Waals surface area (Å²) in [7, 11) is 3.21. The Morgan fingerprint density at radius 2 is 1.80 bits per heavy atom. The van der Waals surface area contributed by atoms with Gasteiger partial charge >= 0.3 is 6.03 Å². The number of para-hydroxylation sites is 1. The van der Waals surface area contributed by atoms with E-state index in [2.05, 4.69) is 21.7 Å². The van der Waals surface area contributed by atoms with Crippen LogP contribution in [-0.4, -0.2) is 55.2 Å². The number of fused-ring (bicyclic) bond motifs is 2. The van der Waals surface area contributed by atoms with Gasteiger partial charge < -0.3 is 30.0 Å². The molecule has 8 nitrogen and oxygen atoms in total. The number of hydrogen-bond donors (Lipinski definition) is 3. The summed E-state index contributed by atoms with van der Waals surface area (Å²) in [5, 5.41) is 7.12. The van der Waals surface area contributed by atoms with Crippen LogP contribution in [0.3, 0.4) is 0 Å². The Bertz CT molecular complexity index is 1200. The van der Waals surface area contributed by atoms with Crippen molar-refractivity contribution in [3.63, 3.8) is 0 Å². The van der Waals surface area contributed by atoms with Crippen molar-refractivity contribution < 1.29 is 19.1 Å². The second kappa shape index (κ2) is 10.7. The summed E-state index contributed by atoms with van der Waals surface area (Å²) in [6.45, 7) is 5.40. The number of H-pyrrole nitrogens is 1. The number of nitrogens with one attached hydrogen (secondary N) is 3. The number of nitrogens with zero attached hydrogens (tertiary/aromatic N) is 1. The Morgan fingerprint density at radius 1 is 1.09 bits per heavy atom. The summed E-state index contributed by atoms with van der Waals surface area (Å²) in [6.07, 6.45) is 3.41. The quantitative estimate of drug-likeness (QED) is 0.461. The summed E-state index contributed by atoms with van der Waals surface area (Å²) in [4.78, 5) is 31.1. The third kappa shape index (κ3) is 5.37. The van der Waals surface area contributed by atoms with Gasteiger partial charge in [-0.3, -0.25) is 4.79 Å². The SMILES string of the molecule is COc1cc2c(cc1OC)CN(C(=O)N[C@H](C(=O)NCCc1c[nH]c3ccccc13)C(C)C)CC2. The number of carbonyl (C=O) groups is 2. The molecule has 1 aliphatic heterocycles. The topological polar surface area (TPSA) is 95.7 Å². The summed E-state index contributed by atoms with van der Waals surface area (Å²) < 4.78 is 10.8. The molecule has 1 atom stereocenters. The van der Waals surface area contributed by atoms with E-state index >= 15 is 0 Å². The van der Waals surface area contributed by atoms with E-state index in [9.17, 15) is 9.59 Å². The Hall–Kier alpha value is -3.68. The molecule has 1 aromatic heterocycles. The number of amides is 3. The lowest BCUT2D eigenvalue weighted by Gasteiger charge is -2.32. The van der Waals surface area contributed by atoms with Crippen LogP contribution in [0.5, 0.6) is 11.5 Å². The lowest BCUT2D eigenvalue weighted by atomic mass is 9.99. The number of methoxy groups -OCH3 is 2. The van der Waals surface area contributed by atoms with E-state index in [0.29, 0.717) is 44.0 Å². The molecular formula is C27H34N4O4. The zero-order valence-corrected chi connectivity index (χ0v) is 20.8. The lowest BCUT2D eigenvalue weighted by molar-refractivity contribution is -0.123. The fourth-order valence-electron chi connectivity index (χ4n) is 4.58. The molecule has 0 saturated heterocycles. The molecule has 0 saturated carbocycles. The van der Waals surface area contributed by atoms with Gasteiger partial charge in [-0.15, -0.1) is 0 Å². The standard InChI is InChI=1S/C27H34N4O4/c1-17(2)25(26(32)28-11-9-19-15-29-22-8-6-5-7-21(19)22)30-27(33)31-12-10-18-13-23(34-3)24(35-4)14-20(18)16-31/h5-8,13-15,17,25,29H,9-12,16H2,1-4H3,(H,28,32)(H,30,33)/t25-/m0/s1. The van der Waals surface area contributed by atoms with E-state index < -0.39 is 6.04 Å². The first-order valence-corrected chi connectivity index (χ1v) is 12.0. The molecule has 0 radical (unpaired) electrons. The number of rotatable bonds is 8. The van der Waals surface area contributed by atoms with Crippen LogP contribution in [0.15, 0.2) is 42.6 Å². The molecule has 0 spiro atoms. The number of ether oxygens (including phenoxy) is 2. The minimum atomic E-state index is -0.614. The van der Waals surface area contributed by atoms with Crippen molar-refractivity contribution in [2.45, 2.75) is 39.3 Å². The van der Waals surface area contributed by atoms with Gasteiger partial charge in [0.1, 0.15) is 6.04 Å². The van der Waals surface area contributed by atoms with Gasteiger partial charge in [0.15, 0.2) is 11.5 Å². The zero-order valence-electron chi connectivity index (χ0n) is 20.8. The van der Waals surface area contributed by atoms with Crippen LogP contribution in [0.4, 0.5) is 4.79 Å². The number of benzene rings is 2. The van der Waals surface area contributed by atoms with Gasteiger partial charge in [-0.25, -0.2) is 4.79 Å². The third-order valence-corrected chi connectivity index (χ3v) is 6.60. The number of aromatic amines is 1. The zero-order chi connectivity index (χ0) is 24.9. The van der Waals surface area contributed by atoms with Crippen molar-refractivity contribution in [3.8, 4) is 11.5 Å². The maximum atomic E-state index is 13.1. The van der Waals surface area contributed by atoms with E-state index in [1.54, 1.807) is 19.1 Å². The van der Waals surface area contributed by atoms with Crippen molar-refractivity contribution >= 4 is 22.8 Å². The first-order chi connectivity index (χ1) is 16.9. The van der Waals surface area contributed by atoms with Crippen molar-refractivity contribution in [2.75, 3.05) is 27.3 Å². The normalized spacial score (nSPS) is 13.9. The molecule has 0 unspecified atom stereocenters. The highest BCUT2D eigenvalue weighted by atomic mass is 16.5. The molecule has 2 aromatic carbocycles. The summed E-state index contributed by atoms with van der Waals surface area (Å²) in [6, 6.07) is 11.2. The predicted molar refractivity (Wildman–Crippen MR) is 136 cm³/mol. The molecule has 186 valence electrons. The van der Waals surface area contributed by atoms with Crippen molar-refractivity contribution in [1.82, 2.24) is 20.5 Å². The fraction of sp³-hybridized carbons (Fsp3) is 0.407. The van der Waals surface area contributed by atoms with Gasteiger partial charge in [0.2, 0.25) is 5.91 Å². The van der Waals surface area contributed by atoms with Crippen LogP contribution >= 0.6 is 0 Å². The van der Waals surface area contributed by atoms with Crippen LogP contribution in [0.2, 0.25) is 0 Å². The number of hydrogen-bond acceptors (Lipinski definition) is 4. The lowest BCUT2D eigenvalue weighted by Crippen LogP contribution is -2.54. The van der Waals surface area contributed by atoms with Crippen LogP contribution in [0.25, 0.3) is 10.9 Å². The maximum absolute atomic E-state index is 13.1. The molecule has 1 aliphatic rings. The second-order valence-electron chi connectivity index (χ2n) is 9.22. The van der Waals surface area contributed by atoms with Gasteiger partial charge in [-0.05, 0) is 53.6 Å². The molecule has 3 N–H and O–H groups in total. The highest BCUT2D eigenvalue weighted by molar-refractivity contribution is 5.87. The Labute approximate surface area is 206 Å². The van der Waals surface area contributed by atoms with Crippen LogP contribution in [0, 0.1) is 5.92 Å². The molecule has 0 bridgehead atoms. The van der Waals surface area contributed by atoms with Crippen molar-refractivity contribution in [1.29, 1.82) is 0 Å². The fourth-order valence-corrected chi connectivity index (χ4v) is 4.58. The third-order valence-electron chi connectivity index (χ3n) is 6.60. The molecule has 0 fully saturated rings. The summed E-state index contributed by atoms with van der Waals surface area (Å²) in [5.41, 5.74) is 4.40. The molecular weight excluding hydrogens is 444 g/mol. The van der Waals surface area contributed by atoms with Gasteiger partial charge in [-0.1, -0.05) is 32.0 Å². The Morgan fingerprint density at radius 3 is 2.51 bits per heavy atom. The highest BCUT2D eigenvalue weighted by Crippen LogP contribution is 2.33. The second-order valence-corrected chi connectivity index (χ2v) is 9.22. The minimum absolute atomic E-state index is 0.0477. The molecule has 3 aromatic rings. The first kappa shape index (κ1) is 24.4. The first-order valence-electron chi connectivity index (χ1n) is 12.0. The molecule has 4 rings (SSSR count). The number of aromatic nitrogens is 1. The Balaban J connectivity index is 1.35. The van der Waals surface area contributed by atoms with Crippen LogP contribution in [-0.2, 0) is 24.2 Å². The van der Waals surface area contributed by atoms with Gasteiger partial charge in [0, 0.05) is 36.7 Å². The molecule has 8 heteroatoms. The summed E-state index contributed by atoms with van der Waals surface area (Å²) >= 11 is 0. The van der Waals surface area contributed by atoms with Gasteiger partial charge in [-0.2, -0.15) is 0 Å². The molecule has 0 aliphatic carbocycles. The van der Waals surface area contributed by atoms with Crippen LogP contribution in [0.1, 0.15) is 30.5 Å². The van der Waals surface area contributed by atoms with Crippen molar-refractivity contribution in [2.24, 2.45) is 5.92 Å². The molecule has 35 heavy (non-hydrogen) atoms. The number of urea groups is 1. The monoisotopic (exact) mass is 478 g/mol. The smallest absolute Gasteiger partial charge is 0.318 e. The van der Waals surface area contributed by atoms with Gasteiger partial charge in [0.05, 0.1) is 14.2 Å². The molecule has 2 heterocycles.